The number of hydrogen-bond donors (Lipinski definition) is 1. The van der Waals surface area contributed by atoms with Gasteiger partial charge in [-0.05, 0) is 30.5 Å². The van der Waals surface area contributed by atoms with Gasteiger partial charge in [0, 0.05) is 24.0 Å². The Hall–Kier alpha value is -2.62. The molecule has 3 aromatic rings. The highest BCUT2D eigenvalue weighted by molar-refractivity contribution is 5.80. The number of pyridine rings is 1. The van der Waals surface area contributed by atoms with E-state index in [-0.39, 0.29) is 0 Å². The van der Waals surface area contributed by atoms with E-state index < -0.39 is 0 Å². The molecular weight excluding hydrogens is 260 g/mol. The van der Waals surface area contributed by atoms with Gasteiger partial charge in [-0.1, -0.05) is 18.2 Å². The lowest BCUT2D eigenvalue weighted by atomic mass is 10.1. The van der Waals surface area contributed by atoms with Crippen LogP contribution in [0.3, 0.4) is 0 Å². The molecule has 21 heavy (non-hydrogen) atoms. The van der Waals surface area contributed by atoms with Crippen molar-refractivity contribution >= 4 is 5.69 Å². The average molecular weight is 276 g/mol. The summed E-state index contributed by atoms with van der Waals surface area (Å²) in [4.78, 5) is 8.62. The first-order valence-corrected chi connectivity index (χ1v) is 7.13. The number of rotatable bonds is 2. The molecule has 0 radical (unpaired) electrons. The monoisotopic (exact) mass is 276 g/mol. The van der Waals surface area contributed by atoms with E-state index in [0.29, 0.717) is 0 Å². The fourth-order valence-corrected chi connectivity index (χ4v) is 2.92. The molecule has 4 rings (SSSR count). The number of nitrogens with one attached hydrogen (secondary N) is 1. The fourth-order valence-electron chi connectivity index (χ4n) is 2.92. The smallest absolute Gasteiger partial charge is 0.0997 e. The van der Waals surface area contributed by atoms with Crippen molar-refractivity contribution in [1.82, 2.24) is 14.5 Å². The SMILES string of the molecule is Cc1cncc(-n2cncc2-c2cccc3c2NCC3)c1. The second-order valence-electron chi connectivity index (χ2n) is 5.39. The van der Waals surface area contributed by atoms with Gasteiger partial charge in [0.05, 0.1) is 30.1 Å². The summed E-state index contributed by atoms with van der Waals surface area (Å²) in [6.45, 7) is 3.06. The number of benzene rings is 1. The van der Waals surface area contributed by atoms with Crippen molar-refractivity contribution in [3.05, 3.63) is 60.3 Å². The van der Waals surface area contributed by atoms with Gasteiger partial charge < -0.3 is 5.32 Å². The molecule has 104 valence electrons. The van der Waals surface area contributed by atoms with Crippen LogP contribution in [0.4, 0.5) is 5.69 Å². The number of fused-ring (bicyclic) bond motifs is 1. The summed E-state index contributed by atoms with van der Waals surface area (Å²) in [5, 5.41) is 3.49. The van der Waals surface area contributed by atoms with Gasteiger partial charge in [0.1, 0.15) is 0 Å². The number of nitrogens with zero attached hydrogens (tertiary/aromatic N) is 3. The second-order valence-corrected chi connectivity index (χ2v) is 5.39. The summed E-state index contributed by atoms with van der Waals surface area (Å²) in [5.41, 5.74) is 7.09. The van der Waals surface area contributed by atoms with Crippen molar-refractivity contribution in [1.29, 1.82) is 0 Å². The summed E-state index contributed by atoms with van der Waals surface area (Å²) < 4.78 is 2.09. The minimum Gasteiger partial charge on any atom is -0.384 e. The van der Waals surface area contributed by atoms with E-state index in [1.54, 1.807) is 0 Å². The molecule has 4 nitrogen and oxygen atoms in total. The van der Waals surface area contributed by atoms with Gasteiger partial charge in [-0.2, -0.15) is 0 Å². The van der Waals surface area contributed by atoms with Crippen LogP contribution in [-0.2, 0) is 6.42 Å². The maximum atomic E-state index is 4.34. The average Bonchev–Trinajstić information content (AvgIpc) is 3.16. The van der Waals surface area contributed by atoms with E-state index in [0.717, 1.165) is 29.9 Å². The van der Waals surface area contributed by atoms with Crippen molar-refractivity contribution in [2.24, 2.45) is 0 Å². The lowest BCUT2D eigenvalue weighted by Gasteiger charge is -2.12. The van der Waals surface area contributed by atoms with Crippen molar-refractivity contribution in [2.75, 3.05) is 11.9 Å². The molecule has 0 saturated carbocycles. The first-order chi connectivity index (χ1) is 10.3. The summed E-state index contributed by atoms with van der Waals surface area (Å²) in [6.07, 6.45) is 8.58. The molecule has 0 bridgehead atoms. The molecule has 0 atom stereocenters. The quantitative estimate of drug-likeness (QED) is 0.781. The number of para-hydroxylation sites is 1. The molecule has 3 heterocycles. The topological polar surface area (TPSA) is 42.7 Å². The van der Waals surface area contributed by atoms with Gasteiger partial charge >= 0.3 is 0 Å². The highest BCUT2D eigenvalue weighted by Crippen LogP contribution is 2.35. The van der Waals surface area contributed by atoms with Gasteiger partial charge in [0.25, 0.3) is 0 Å². The van der Waals surface area contributed by atoms with E-state index in [4.69, 9.17) is 0 Å². The first-order valence-electron chi connectivity index (χ1n) is 7.13. The van der Waals surface area contributed by atoms with Crippen LogP contribution in [0.15, 0.2) is 49.2 Å². The zero-order chi connectivity index (χ0) is 14.2. The number of imidazole rings is 1. The molecule has 1 aliphatic heterocycles. The van der Waals surface area contributed by atoms with E-state index in [1.807, 2.05) is 24.9 Å². The van der Waals surface area contributed by atoms with Gasteiger partial charge in [-0.3, -0.25) is 9.55 Å². The van der Waals surface area contributed by atoms with Crippen LogP contribution in [0.1, 0.15) is 11.1 Å². The third kappa shape index (κ3) is 2.00. The van der Waals surface area contributed by atoms with Crippen LogP contribution in [0.2, 0.25) is 0 Å². The maximum Gasteiger partial charge on any atom is 0.0997 e. The third-order valence-electron chi connectivity index (χ3n) is 3.90. The molecule has 4 heteroatoms. The Balaban J connectivity index is 1.89. The zero-order valence-corrected chi connectivity index (χ0v) is 11.9. The molecule has 0 saturated heterocycles. The fraction of sp³-hybridized carbons (Fsp3) is 0.176. The van der Waals surface area contributed by atoms with Crippen molar-refractivity contribution in [2.45, 2.75) is 13.3 Å². The molecule has 1 N–H and O–H groups in total. The summed E-state index contributed by atoms with van der Waals surface area (Å²) in [7, 11) is 0. The molecule has 0 unspecified atom stereocenters. The first kappa shape index (κ1) is 12.1. The number of aromatic nitrogens is 3. The van der Waals surface area contributed by atoms with Gasteiger partial charge in [-0.25, -0.2) is 4.98 Å². The van der Waals surface area contributed by atoms with Crippen molar-refractivity contribution in [3.63, 3.8) is 0 Å². The third-order valence-corrected chi connectivity index (χ3v) is 3.90. The van der Waals surface area contributed by atoms with Gasteiger partial charge in [0.2, 0.25) is 0 Å². The predicted molar refractivity (Wildman–Crippen MR) is 83.7 cm³/mol. The Morgan fingerprint density at radius 3 is 3.00 bits per heavy atom. The Bertz CT molecular complexity index is 804. The molecule has 1 aliphatic rings. The van der Waals surface area contributed by atoms with Crippen molar-refractivity contribution in [3.8, 4) is 16.9 Å². The summed E-state index contributed by atoms with van der Waals surface area (Å²) in [6, 6.07) is 8.57. The van der Waals surface area contributed by atoms with Gasteiger partial charge in [0.15, 0.2) is 0 Å². The summed E-state index contributed by atoms with van der Waals surface area (Å²) >= 11 is 0. The number of anilines is 1. The zero-order valence-electron chi connectivity index (χ0n) is 11.9. The Kier molecular flexibility index (Phi) is 2.74. The number of hydrogen-bond acceptors (Lipinski definition) is 3. The standard InChI is InChI=1S/C17H16N4/c1-12-7-14(9-18-8-12)21-11-19-10-16(21)15-4-2-3-13-5-6-20-17(13)15/h2-4,7-11,20H,5-6H2,1H3. The van der Waals surface area contributed by atoms with Gasteiger partial charge in [-0.15, -0.1) is 0 Å². The molecule has 0 spiro atoms. The maximum absolute atomic E-state index is 4.34. The summed E-state index contributed by atoms with van der Waals surface area (Å²) in [5.74, 6) is 0. The Morgan fingerprint density at radius 1 is 1.14 bits per heavy atom. The van der Waals surface area contributed by atoms with Crippen LogP contribution in [-0.4, -0.2) is 21.1 Å². The van der Waals surface area contributed by atoms with Crippen LogP contribution < -0.4 is 5.32 Å². The van der Waals surface area contributed by atoms with E-state index >= 15 is 0 Å². The number of aryl methyl sites for hydroxylation is 1. The molecular formula is C17H16N4. The van der Waals surface area contributed by atoms with E-state index in [1.165, 1.54) is 16.8 Å². The van der Waals surface area contributed by atoms with Crippen LogP contribution in [0.25, 0.3) is 16.9 Å². The minimum atomic E-state index is 1.01. The minimum absolute atomic E-state index is 1.01. The normalized spacial score (nSPS) is 13.0. The highest BCUT2D eigenvalue weighted by atomic mass is 15.1. The molecule has 1 aromatic carbocycles. The molecule has 0 fully saturated rings. The Morgan fingerprint density at radius 2 is 2.10 bits per heavy atom. The highest BCUT2D eigenvalue weighted by Gasteiger charge is 2.17. The second kappa shape index (κ2) is 4.74. The van der Waals surface area contributed by atoms with Crippen LogP contribution >= 0.6 is 0 Å². The molecule has 2 aromatic heterocycles. The predicted octanol–water partition coefficient (Wildman–Crippen LogP) is 3.21. The lowest BCUT2D eigenvalue weighted by Crippen LogP contribution is -1.99. The van der Waals surface area contributed by atoms with Crippen LogP contribution in [0.5, 0.6) is 0 Å². The lowest BCUT2D eigenvalue weighted by molar-refractivity contribution is 1.04. The largest absolute Gasteiger partial charge is 0.384 e. The van der Waals surface area contributed by atoms with Crippen LogP contribution in [0, 0.1) is 6.92 Å². The van der Waals surface area contributed by atoms with E-state index in [9.17, 15) is 0 Å². The van der Waals surface area contributed by atoms with E-state index in [2.05, 4.69) is 51.0 Å². The Labute approximate surface area is 123 Å². The molecule has 0 aliphatic carbocycles. The van der Waals surface area contributed by atoms with Crippen molar-refractivity contribution < 1.29 is 0 Å². The molecule has 0 amide bonds.